The van der Waals surface area contributed by atoms with Crippen LogP contribution < -0.4 is 10.1 Å². The number of rotatable bonds is 6. The SMILES string of the molecule is N#Cc1ccc(OCC(=O)NCc2ccc(-n3cnc4ccccc43)nc2)cc1. The predicted molar refractivity (Wildman–Crippen MR) is 107 cm³/mol. The highest BCUT2D eigenvalue weighted by atomic mass is 16.5. The minimum absolute atomic E-state index is 0.0988. The van der Waals surface area contributed by atoms with Crippen LogP contribution in [0.5, 0.6) is 5.75 Å². The first-order valence-corrected chi connectivity index (χ1v) is 9.00. The standard InChI is InChI=1S/C22H17N5O2/c23-11-16-5-8-18(9-6-16)29-14-22(28)25-13-17-7-10-21(24-12-17)27-15-26-19-3-1-2-4-20(19)27/h1-10,12,15H,13-14H2,(H,25,28). The van der Waals surface area contributed by atoms with E-state index in [1.165, 1.54) is 0 Å². The molecular formula is C22H17N5O2. The van der Waals surface area contributed by atoms with Crippen LogP contribution in [-0.4, -0.2) is 27.0 Å². The van der Waals surface area contributed by atoms with Crippen LogP contribution in [0.2, 0.25) is 0 Å². The zero-order valence-corrected chi connectivity index (χ0v) is 15.4. The molecule has 0 saturated heterocycles. The number of imidazole rings is 1. The highest BCUT2D eigenvalue weighted by molar-refractivity contribution is 5.77. The average molecular weight is 383 g/mol. The van der Waals surface area contributed by atoms with Gasteiger partial charge in [0.2, 0.25) is 0 Å². The average Bonchev–Trinajstić information content (AvgIpc) is 3.21. The molecule has 29 heavy (non-hydrogen) atoms. The van der Waals surface area contributed by atoms with Crippen molar-refractivity contribution in [1.82, 2.24) is 19.9 Å². The summed E-state index contributed by atoms with van der Waals surface area (Å²) in [5, 5.41) is 11.6. The summed E-state index contributed by atoms with van der Waals surface area (Å²) in [6, 6.07) is 20.3. The Morgan fingerprint density at radius 3 is 2.66 bits per heavy atom. The van der Waals surface area contributed by atoms with Crippen molar-refractivity contribution in [1.29, 1.82) is 5.26 Å². The number of ether oxygens (including phenoxy) is 1. The molecule has 0 bridgehead atoms. The first kappa shape index (κ1) is 18.2. The number of aromatic nitrogens is 3. The quantitative estimate of drug-likeness (QED) is 0.552. The first-order valence-electron chi connectivity index (χ1n) is 9.00. The third-order valence-electron chi connectivity index (χ3n) is 4.35. The van der Waals surface area contributed by atoms with Gasteiger partial charge in [0.05, 0.1) is 22.7 Å². The van der Waals surface area contributed by atoms with Gasteiger partial charge in [0.1, 0.15) is 17.9 Å². The fourth-order valence-corrected chi connectivity index (χ4v) is 2.83. The normalized spacial score (nSPS) is 10.4. The lowest BCUT2D eigenvalue weighted by Crippen LogP contribution is -2.28. The van der Waals surface area contributed by atoms with Crippen LogP contribution >= 0.6 is 0 Å². The topological polar surface area (TPSA) is 92.8 Å². The molecule has 7 nitrogen and oxygen atoms in total. The number of benzene rings is 2. The maximum absolute atomic E-state index is 12.0. The van der Waals surface area contributed by atoms with Gasteiger partial charge >= 0.3 is 0 Å². The van der Waals surface area contributed by atoms with E-state index in [0.29, 0.717) is 17.9 Å². The number of nitrogens with zero attached hydrogens (tertiary/aromatic N) is 4. The third-order valence-corrected chi connectivity index (χ3v) is 4.35. The van der Waals surface area contributed by atoms with E-state index in [2.05, 4.69) is 15.3 Å². The summed E-state index contributed by atoms with van der Waals surface area (Å²) < 4.78 is 7.34. The molecule has 1 amide bonds. The van der Waals surface area contributed by atoms with Crippen molar-refractivity contribution in [3.05, 3.63) is 84.3 Å². The number of hydrogen-bond acceptors (Lipinski definition) is 5. The zero-order chi connectivity index (χ0) is 20.1. The van der Waals surface area contributed by atoms with Crippen LogP contribution in [0.1, 0.15) is 11.1 Å². The van der Waals surface area contributed by atoms with Crippen LogP contribution in [0.4, 0.5) is 0 Å². The zero-order valence-electron chi connectivity index (χ0n) is 15.4. The van der Waals surface area contributed by atoms with Crippen LogP contribution in [0.15, 0.2) is 73.2 Å². The van der Waals surface area contributed by atoms with Gasteiger partial charge in [-0.2, -0.15) is 5.26 Å². The monoisotopic (exact) mass is 383 g/mol. The van der Waals surface area contributed by atoms with Crippen LogP contribution in [0, 0.1) is 11.3 Å². The lowest BCUT2D eigenvalue weighted by atomic mass is 10.2. The van der Waals surface area contributed by atoms with Gasteiger partial charge in [0, 0.05) is 12.7 Å². The van der Waals surface area contributed by atoms with E-state index in [4.69, 9.17) is 10.00 Å². The van der Waals surface area contributed by atoms with Crippen molar-refractivity contribution in [2.75, 3.05) is 6.61 Å². The van der Waals surface area contributed by atoms with Crippen LogP contribution in [-0.2, 0) is 11.3 Å². The van der Waals surface area contributed by atoms with Gasteiger partial charge < -0.3 is 10.1 Å². The van der Waals surface area contributed by atoms with Gasteiger partial charge in [0.15, 0.2) is 6.61 Å². The van der Waals surface area contributed by atoms with Crippen molar-refractivity contribution in [3.63, 3.8) is 0 Å². The fraction of sp³-hybridized carbons (Fsp3) is 0.0909. The first-order chi connectivity index (χ1) is 14.2. The molecule has 2 aromatic carbocycles. The number of fused-ring (bicyclic) bond motifs is 1. The Labute approximate surface area is 167 Å². The Hall–Kier alpha value is -4.18. The number of carbonyl (C=O) groups excluding carboxylic acids is 1. The van der Waals surface area contributed by atoms with Crippen LogP contribution in [0.3, 0.4) is 0 Å². The maximum Gasteiger partial charge on any atom is 0.258 e. The van der Waals surface area contributed by atoms with Crippen molar-refractivity contribution in [2.45, 2.75) is 6.54 Å². The number of nitriles is 1. The molecule has 2 heterocycles. The lowest BCUT2D eigenvalue weighted by Gasteiger charge is -2.08. The molecular weight excluding hydrogens is 366 g/mol. The Balaban J connectivity index is 1.32. The summed E-state index contributed by atoms with van der Waals surface area (Å²) in [7, 11) is 0. The molecule has 1 N–H and O–H groups in total. The van der Waals surface area contributed by atoms with E-state index in [-0.39, 0.29) is 12.5 Å². The number of nitrogens with one attached hydrogen (secondary N) is 1. The van der Waals surface area contributed by atoms with Gasteiger partial charge in [-0.05, 0) is 48.0 Å². The molecule has 4 rings (SSSR count). The molecule has 0 fully saturated rings. The predicted octanol–water partition coefficient (Wildman–Crippen LogP) is 2.99. The summed E-state index contributed by atoms with van der Waals surface area (Å²) in [6.45, 7) is 0.256. The van der Waals surface area contributed by atoms with Gasteiger partial charge in [-0.15, -0.1) is 0 Å². The second-order valence-corrected chi connectivity index (χ2v) is 6.33. The van der Waals surface area contributed by atoms with E-state index >= 15 is 0 Å². The largest absolute Gasteiger partial charge is 0.484 e. The van der Waals surface area contributed by atoms with E-state index < -0.39 is 0 Å². The number of amides is 1. The molecule has 0 atom stereocenters. The van der Waals surface area contributed by atoms with Crippen molar-refractivity contribution < 1.29 is 9.53 Å². The summed E-state index contributed by atoms with van der Waals surface area (Å²) in [6.07, 6.45) is 3.47. The van der Waals surface area contributed by atoms with E-state index in [1.54, 1.807) is 36.8 Å². The summed E-state index contributed by atoms with van der Waals surface area (Å²) in [5.74, 6) is 1.06. The minimum Gasteiger partial charge on any atom is -0.484 e. The molecule has 0 unspecified atom stereocenters. The van der Waals surface area contributed by atoms with Crippen molar-refractivity contribution in [2.24, 2.45) is 0 Å². The van der Waals surface area contributed by atoms with Gasteiger partial charge in [-0.3, -0.25) is 9.36 Å². The smallest absolute Gasteiger partial charge is 0.258 e. The van der Waals surface area contributed by atoms with E-state index in [1.807, 2.05) is 47.0 Å². The molecule has 2 aromatic heterocycles. The Bertz CT molecular complexity index is 1170. The van der Waals surface area contributed by atoms with Gasteiger partial charge in [0.25, 0.3) is 5.91 Å². The Morgan fingerprint density at radius 1 is 1.07 bits per heavy atom. The van der Waals surface area contributed by atoms with Gasteiger partial charge in [-0.25, -0.2) is 9.97 Å². The summed E-state index contributed by atoms with van der Waals surface area (Å²) in [5.41, 5.74) is 3.32. The number of para-hydroxylation sites is 2. The van der Waals surface area contributed by atoms with E-state index in [0.717, 1.165) is 22.4 Å². The van der Waals surface area contributed by atoms with Crippen molar-refractivity contribution in [3.8, 4) is 17.6 Å². The van der Waals surface area contributed by atoms with Crippen molar-refractivity contribution >= 4 is 16.9 Å². The molecule has 0 saturated carbocycles. The maximum atomic E-state index is 12.0. The molecule has 0 aliphatic rings. The number of pyridine rings is 1. The summed E-state index contributed by atoms with van der Waals surface area (Å²) in [4.78, 5) is 20.8. The molecule has 0 spiro atoms. The van der Waals surface area contributed by atoms with E-state index in [9.17, 15) is 4.79 Å². The highest BCUT2D eigenvalue weighted by Gasteiger charge is 2.06. The number of carbonyl (C=O) groups is 1. The van der Waals surface area contributed by atoms with Crippen LogP contribution in [0.25, 0.3) is 16.9 Å². The highest BCUT2D eigenvalue weighted by Crippen LogP contribution is 2.16. The third kappa shape index (κ3) is 4.22. The Kier molecular flexibility index (Phi) is 5.16. The molecule has 0 aliphatic heterocycles. The molecule has 0 radical (unpaired) electrons. The Morgan fingerprint density at radius 2 is 1.90 bits per heavy atom. The minimum atomic E-state index is -0.237. The second-order valence-electron chi connectivity index (χ2n) is 6.33. The molecule has 0 aliphatic carbocycles. The second kappa shape index (κ2) is 8.23. The fourth-order valence-electron chi connectivity index (χ4n) is 2.83. The van der Waals surface area contributed by atoms with Gasteiger partial charge in [-0.1, -0.05) is 18.2 Å². The molecule has 142 valence electrons. The summed E-state index contributed by atoms with van der Waals surface area (Å²) >= 11 is 0. The lowest BCUT2D eigenvalue weighted by molar-refractivity contribution is -0.123. The molecule has 7 heteroatoms. The number of hydrogen-bond donors (Lipinski definition) is 1. The molecule has 4 aromatic rings.